The summed E-state index contributed by atoms with van der Waals surface area (Å²) < 4.78 is 11.9. The van der Waals surface area contributed by atoms with Crippen molar-refractivity contribution in [1.82, 2.24) is 9.66 Å². The molecule has 34 heavy (non-hydrogen) atoms. The molecule has 0 N–H and O–H groups in total. The Hall–Kier alpha value is -3.12. The Kier molecular flexibility index (Phi) is 7.51. The van der Waals surface area contributed by atoms with Crippen molar-refractivity contribution < 1.29 is 19.2 Å². The molecule has 10 nitrogen and oxygen atoms in total. The Morgan fingerprint density at radius 2 is 1.97 bits per heavy atom. The molecule has 0 saturated carbocycles. The molecule has 0 radical (unpaired) electrons. The number of fused-ring (bicyclic) bond motifs is 1. The van der Waals surface area contributed by atoms with Gasteiger partial charge in [0.1, 0.15) is 5.82 Å². The van der Waals surface area contributed by atoms with Crippen LogP contribution in [0.15, 0.2) is 49.2 Å². The van der Waals surface area contributed by atoms with E-state index in [1.54, 1.807) is 18.2 Å². The summed E-state index contributed by atoms with van der Waals surface area (Å²) in [6.45, 7) is 5.22. The number of carbonyl (C=O) groups excluding carboxylic acids is 1. The first-order valence-electron chi connectivity index (χ1n) is 9.87. The van der Waals surface area contributed by atoms with E-state index in [1.165, 1.54) is 30.1 Å². The van der Waals surface area contributed by atoms with Crippen LogP contribution >= 0.6 is 31.9 Å². The standard InChI is InChI=1S/C22H20Br2N4O6/c1-22(2,3)21-26-16-6-5-13(23)9-14(16)20(30)27(21)25-10-12-7-15(24)19(17(8-12)28(31)32)34-11-18(29)33-4/h5-10H,11H2,1-4H3. The fourth-order valence-corrected chi connectivity index (χ4v) is 3.95. The molecule has 0 saturated heterocycles. The lowest BCUT2D eigenvalue weighted by molar-refractivity contribution is -0.385. The van der Waals surface area contributed by atoms with E-state index in [0.717, 1.165) is 4.47 Å². The topological polar surface area (TPSA) is 126 Å². The maximum Gasteiger partial charge on any atom is 0.343 e. The summed E-state index contributed by atoms with van der Waals surface area (Å²) in [5, 5.41) is 16.3. The number of hydrogen-bond acceptors (Lipinski definition) is 8. The molecule has 0 spiro atoms. The molecule has 3 rings (SSSR count). The fraction of sp³-hybridized carbons (Fsp3) is 0.273. The molecule has 1 heterocycles. The molecule has 1 aromatic heterocycles. The Balaban J connectivity index is 2.12. The Morgan fingerprint density at radius 3 is 2.59 bits per heavy atom. The molecule has 12 heteroatoms. The van der Waals surface area contributed by atoms with Crippen molar-refractivity contribution in [2.24, 2.45) is 5.10 Å². The molecular weight excluding hydrogens is 576 g/mol. The van der Waals surface area contributed by atoms with E-state index in [0.29, 0.717) is 22.3 Å². The summed E-state index contributed by atoms with van der Waals surface area (Å²) >= 11 is 6.60. The highest BCUT2D eigenvalue weighted by Crippen LogP contribution is 2.36. The van der Waals surface area contributed by atoms with Crippen LogP contribution in [0.5, 0.6) is 5.75 Å². The molecule has 3 aromatic rings. The van der Waals surface area contributed by atoms with E-state index in [4.69, 9.17) is 4.74 Å². The number of rotatable bonds is 6. The smallest absolute Gasteiger partial charge is 0.343 e. The van der Waals surface area contributed by atoms with E-state index in [-0.39, 0.29) is 21.5 Å². The Morgan fingerprint density at radius 1 is 1.26 bits per heavy atom. The van der Waals surface area contributed by atoms with Crippen LogP contribution in [0, 0.1) is 10.1 Å². The SMILES string of the molecule is COC(=O)COc1c(Br)cc(C=Nn2c(C(C)(C)C)nc3ccc(Br)cc3c2=O)cc1[N+](=O)[O-]. The number of halogens is 2. The molecule has 0 amide bonds. The van der Waals surface area contributed by atoms with Gasteiger partial charge in [0.2, 0.25) is 5.75 Å². The van der Waals surface area contributed by atoms with Gasteiger partial charge in [0.25, 0.3) is 5.56 Å². The number of nitro groups is 1. The van der Waals surface area contributed by atoms with Crippen LogP contribution in [0.2, 0.25) is 0 Å². The lowest BCUT2D eigenvalue weighted by Gasteiger charge is -2.20. The second-order valence-corrected chi connectivity index (χ2v) is 9.95. The molecule has 0 fully saturated rings. The molecule has 0 aliphatic heterocycles. The van der Waals surface area contributed by atoms with Crippen molar-refractivity contribution in [1.29, 1.82) is 0 Å². The predicted molar refractivity (Wildman–Crippen MR) is 134 cm³/mol. The van der Waals surface area contributed by atoms with Gasteiger partial charge in [-0.1, -0.05) is 36.7 Å². The first kappa shape index (κ1) is 25.5. The van der Waals surface area contributed by atoms with Crippen molar-refractivity contribution in [2.75, 3.05) is 13.7 Å². The Labute approximate surface area is 211 Å². The van der Waals surface area contributed by atoms with Gasteiger partial charge in [0.15, 0.2) is 6.61 Å². The number of esters is 1. The number of methoxy groups -OCH3 is 1. The van der Waals surface area contributed by atoms with Crippen molar-refractivity contribution in [3.63, 3.8) is 0 Å². The average Bonchev–Trinajstić information content (AvgIpc) is 2.76. The lowest BCUT2D eigenvalue weighted by Crippen LogP contribution is -2.29. The van der Waals surface area contributed by atoms with Gasteiger partial charge in [-0.2, -0.15) is 9.78 Å². The van der Waals surface area contributed by atoms with E-state index >= 15 is 0 Å². The summed E-state index contributed by atoms with van der Waals surface area (Å²) in [6, 6.07) is 7.97. The predicted octanol–water partition coefficient (Wildman–Crippen LogP) is 4.56. The molecule has 0 aliphatic rings. The second kappa shape index (κ2) is 10.0. The highest BCUT2D eigenvalue weighted by molar-refractivity contribution is 9.10. The van der Waals surface area contributed by atoms with Gasteiger partial charge in [-0.05, 0) is 40.2 Å². The minimum absolute atomic E-state index is 0.127. The van der Waals surface area contributed by atoms with Crippen LogP contribution in [-0.4, -0.2) is 40.5 Å². The molecule has 178 valence electrons. The number of ether oxygens (including phenoxy) is 2. The molecule has 0 unspecified atom stereocenters. The lowest BCUT2D eigenvalue weighted by atomic mass is 9.95. The van der Waals surface area contributed by atoms with Gasteiger partial charge in [-0.25, -0.2) is 9.78 Å². The minimum Gasteiger partial charge on any atom is -0.474 e. The number of aromatic nitrogens is 2. The average molecular weight is 596 g/mol. The second-order valence-electron chi connectivity index (χ2n) is 8.18. The van der Waals surface area contributed by atoms with Crippen LogP contribution in [0.1, 0.15) is 32.2 Å². The zero-order chi connectivity index (χ0) is 25.2. The molecule has 2 aromatic carbocycles. The third kappa shape index (κ3) is 5.50. The van der Waals surface area contributed by atoms with E-state index in [1.807, 2.05) is 20.8 Å². The van der Waals surface area contributed by atoms with Gasteiger partial charge in [0.05, 0.1) is 33.6 Å². The van der Waals surface area contributed by atoms with Crippen LogP contribution in [0.4, 0.5) is 5.69 Å². The van der Waals surface area contributed by atoms with Gasteiger partial charge in [-0.15, -0.1) is 0 Å². The third-order valence-electron chi connectivity index (χ3n) is 4.61. The largest absolute Gasteiger partial charge is 0.474 e. The van der Waals surface area contributed by atoms with E-state index in [2.05, 4.69) is 46.7 Å². The molecular formula is C22H20Br2N4O6. The monoisotopic (exact) mass is 594 g/mol. The van der Waals surface area contributed by atoms with Gasteiger partial charge >= 0.3 is 11.7 Å². The maximum absolute atomic E-state index is 13.3. The van der Waals surface area contributed by atoms with Crippen molar-refractivity contribution in [3.8, 4) is 5.75 Å². The van der Waals surface area contributed by atoms with Gasteiger partial charge in [0, 0.05) is 21.5 Å². The number of benzene rings is 2. The summed E-state index contributed by atoms with van der Waals surface area (Å²) in [4.78, 5) is 40.2. The first-order valence-corrected chi connectivity index (χ1v) is 11.5. The number of carbonyl (C=O) groups is 1. The van der Waals surface area contributed by atoms with Crippen LogP contribution in [-0.2, 0) is 14.9 Å². The summed E-state index contributed by atoms with van der Waals surface area (Å²) in [5.41, 5.74) is -0.418. The minimum atomic E-state index is -0.684. The van der Waals surface area contributed by atoms with E-state index in [9.17, 15) is 19.7 Å². The zero-order valence-corrected chi connectivity index (χ0v) is 21.8. The fourth-order valence-electron chi connectivity index (χ4n) is 3.01. The highest BCUT2D eigenvalue weighted by atomic mass is 79.9. The third-order valence-corrected chi connectivity index (χ3v) is 5.69. The summed E-state index contributed by atoms with van der Waals surface area (Å²) in [7, 11) is 1.18. The van der Waals surface area contributed by atoms with Crippen molar-refractivity contribution in [3.05, 3.63) is 71.1 Å². The molecule has 0 aliphatic carbocycles. The summed E-state index contributed by atoms with van der Waals surface area (Å²) in [5.74, 6) is -0.385. The van der Waals surface area contributed by atoms with Crippen molar-refractivity contribution >= 4 is 60.6 Å². The van der Waals surface area contributed by atoms with Crippen LogP contribution in [0.3, 0.4) is 0 Å². The van der Waals surface area contributed by atoms with E-state index < -0.39 is 22.9 Å². The summed E-state index contributed by atoms with van der Waals surface area (Å²) in [6.07, 6.45) is 1.32. The highest BCUT2D eigenvalue weighted by Gasteiger charge is 2.24. The quantitative estimate of drug-likeness (QED) is 0.177. The first-order chi connectivity index (χ1) is 15.9. The Bertz CT molecular complexity index is 1380. The number of nitro benzene ring substituents is 1. The molecule has 0 bridgehead atoms. The van der Waals surface area contributed by atoms with Gasteiger partial charge in [-0.3, -0.25) is 14.9 Å². The maximum atomic E-state index is 13.3. The van der Waals surface area contributed by atoms with Crippen LogP contribution < -0.4 is 10.3 Å². The number of hydrogen-bond donors (Lipinski definition) is 0. The van der Waals surface area contributed by atoms with Crippen LogP contribution in [0.25, 0.3) is 10.9 Å². The molecule has 0 atom stereocenters. The number of nitrogens with zero attached hydrogens (tertiary/aromatic N) is 4. The zero-order valence-electron chi connectivity index (χ0n) is 18.7. The van der Waals surface area contributed by atoms with Crippen molar-refractivity contribution in [2.45, 2.75) is 26.2 Å². The van der Waals surface area contributed by atoms with Gasteiger partial charge < -0.3 is 9.47 Å². The normalized spacial score (nSPS) is 11.7.